The fraction of sp³-hybridized carbons (Fsp3) is 1.00. The number of aliphatic hydroxyl groups is 3. The third-order valence-corrected chi connectivity index (χ3v) is 4.23. The van der Waals surface area contributed by atoms with Gasteiger partial charge in [0, 0.05) is 0 Å². The van der Waals surface area contributed by atoms with Crippen LogP contribution in [0.2, 0.25) is 0 Å². The topological polar surface area (TPSA) is 60.7 Å². The van der Waals surface area contributed by atoms with E-state index in [4.69, 9.17) is 10.2 Å². The van der Waals surface area contributed by atoms with Gasteiger partial charge in [-0.3, -0.25) is 0 Å². The van der Waals surface area contributed by atoms with Crippen LogP contribution in [-0.4, -0.2) is 51.4 Å². The van der Waals surface area contributed by atoms with Crippen LogP contribution in [0.3, 0.4) is 0 Å². The van der Waals surface area contributed by atoms with E-state index in [1.165, 1.54) is 0 Å². The van der Waals surface area contributed by atoms with Crippen LogP contribution in [0.25, 0.3) is 0 Å². The molecule has 0 aromatic rings. The molecule has 11 heavy (non-hydrogen) atoms. The summed E-state index contributed by atoms with van der Waals surface area (Å²) in [5, 5.41) is 27.0. The molecule has 3 nitrogen and oxygen atoms in total. The molecule has 1 rings (SSSR count). The molecule has 1 fully saturated rings. The molecule has 1 aliphatic rings. The van der Waals surface area contributed by atoms with Crippen LogP contribution in [0, 0.1) is 0 Å². The van der Waals surface area contributed by atoms with Gasteiger partial charge in [0.2, 0.25) is 0 Å². The van der Waals surface area contributed by atoms with E-state index in [-0.39, 0.29) is 46.7 Å². The lowest BCUT2D eigenvalue weighted by Gasteiger charge is -2.08. The Bertz CT molecular complexity index is 124. The molecule has 0 spiro atoms. The first-order valence-corrected chi connectivity index (χ1v) is 5.11. The first kappa shape index (κ1) is 12.0. The van der Waals surface area contributed by atoms with Gasteiger partial charge in [-0.15, -0.1) is 0 Å². The maximum Gasteiger partial charge on any atom is 0.169 e. The second kappa shape index (κ2) is 4.86. The molecule has 5 heteroatoms. The van der Waals surface area contributed by atoms with E-state index in [0.29, 0.717) is 5.75 Å². The molecule has 0 aromatic carbocycles. The maximum atomic E-state index is 9.22. The highest BCUT2D eigenvalue weighted by atomic mass is 127. The first-order chi connectivity index (χ1) is 4.66. The first-order valence-electron chi connectivity index (χ1n) is 3.25. The van der Waals surface area contributed by atoms with E-state index in [9.17, 15) is 5.11 Å². The minimum Gasteiger partial charge on any atom is -1.00 e. The van der Waals surface area contributed by atoms with Crippen LogP contribution in [0.15, 0.2) is 0 Å². The standard InChI is InChI=1S/C6H13O3S.HI/c1-10-3-4(8)6(9)5(10)2-7;/h4-9H,2-3H2,1H3;1H/q+1;/p-1/t4-,5-,6+,10?;/m1./s1. The molecule has 1 unspecified atom stereocenters. The summed E-state index contributed by atoms with van der Waals surface area (Å²) in [4.78, 5) is 0. The molecule has 0 aliphatic carbocycles. The second-order valence-corrected chi connectivity index (χ2v) is 4.96. The molecule has 68 valence electrons. The normalized spacial score (nSPS) is 43.6. The highest BCUT2D eigenvalue weighted by Crippen LogP contribution is 2.20. The molecule has 4 atom stereocenters. The van der Waals surface area contributed by atoms with E-state index in [2.05, 4.69) is 0 Å². The highest BCUT2D eigenvalue weighted by Gasteiger charge is 2.46. The highest BCUT2D eigenvalue weighted by molar-refractivity contribution is 7.97. The Hall–Kier alpha value is 0.960. The van der Waals surface area contributed by atoms with Gasteiger partial charge in [0.1, 0.15) is 18.0 Å². The Labute approximate surface area is 86.2 Å². The van der Waals surface area contributed by atoms with E-state index < -0.39 is 12.2 Å². The van der Waals surface area contributed by atoms with Crippen LogP contribution in [0.1, 0.15) is 0 Å². The molecule has 0 bridgehead atoms. The second-order valence-electron chi connectivity index (χ2n) is 2.64. The lowest BCUT2D eigenvalue weighted by Crippen LogP contribution is -3.00. The summed E-state index contributed by atoms with van der Waals surface area (Å²) in [5.41, 5.74) is 0. The quantitative estimate of drug-likeness (QED) is 0.336. The number of hydrogen-bond acceptors (Lipinski definition) is 3. The molecule has 0 amide bonds. The SMILES string of the molecule is C[S+]1C[C@@H](O)[C@H](O)[C@H]1CO.[I-]. The van der Waals surface area contributed by atoms with Crippen LogP contribution in [0.5, 0.6) is 0 Å². The van der Waals surface area contributed by atoms with Crippen LogP contribution in [0.4, 0.5) is 0 Å². The maximum absolute atomic E-state index is 9.22. The minimum atomic E-state index is -0.710. The molecule has 1 aliphatic heterocycles. The van der Waals surface area contributed by atoms with E-state index in [1.54, 1.807) is 0 Å². The zero-order valence-electron chi connectivity index (χ0n) is 6.27. The van der Waals surface area contributed by atoms with Gasteiger partial charge in [-0.05, 0) is 10.9 Å². The summed E-state index contributed by atoms with van der Waals surface area (Å²) in [6.45, 7) is -0.0160. The Balaban J connectivity index is 0.000001000. The van der Waals surface area contributed by atoms with Crippen molar-refractivity contribution in [2.75, 3.05) is 18.6 Å². The third kappa shape index (κ3) is 2.45. The van der Waals surface area contributed by atoms with Gasteiger partial charge in [-0.25, -0.2) is 0 Å². The van der Waals surface area contributed by atoms with Crippen molar-refractivity contribution in [1.29, 1.82) is 0 Å². The van der Waals surface area contributed by atoms with E-state index in [0.717, 1.165) is 0 Å². The van der Waals surface area contributed by atoms with Crippen LogP contribution < -0.4 is 24.0 Å². The fourth-order valence-corrected chi connectivity index (χ4v) is 3.11. The zero-order chi connectivity index (χ0) is 7.72. The van der Waals surface area contributed by atoms with Crippen LogP contribution >= 0.6 is 0 Å². The number of hydrogen-bond donors (Lipinski definition) is 3. The Kier molecular flexibility index (Phi) is 5.28. The Morgan fingerprint density at radius 3 is 2.18 bits per heavy atom. The smallest absolute Gasteiger partial charge is 0.169 e. The lowest BCUT2D eigenvalue weighted by molar-refractivity contribution is -0.00000576. The summed E-state index contributed by atoms with van der Waals surface area (Å²) < 4.78 is 0. The molecule has 1 saturated heterocycles. The van der Waals surface area contributed by atoms with Gasteiger partial charge in [-0.1, -0.05) is 0 Å². The van der Waals surface area contributed by atoms with Crippen molar-refractivity contribution in [3.63, 3.8) is 0 Å². The molecule has 0 aromatic heterocycles. The Morgan fingerprint density at radius 2 is 2.00 bits per heavy atom. The predicted octanol–water partition coefficient (Wildman–Crippen LogP) is -4.67. The lowest BCUT2D eigenvalue weighted by atomic mass is 10.2. The largest absolute Gasteiger partial charge is 1.00 e. The van der Waals surface area contributed by atoms with Gasteiger partial charge < -0.3 is 39.3 Å². The third-order valence-electron chi connectivity index (χ3n) is 1.91. The molecule has 3 N–H and O–H groups in total. The molecule has 0 radical (unpaired) electrons. The fourth-order valence-electron chi connectivity index (χ4n) is 1.21. The van der Waals surface area contributed by atoms with Gasteiger partial charge in [0.25, 0.3) is 0 Å². The molecular weight excluding hydrogens is 279 g/mol. The predicted molar refractivity (Wildman–Crippen MR) is 41.0 cm³/mol. The monoisotopic (exact) mass is 292 g/mol. The summed E-state index contributed by atoms with van der Waals surface area (Å²) in [5.74, 6) is 0.631. The average Bonchev–Trinajstić information content (AvgIpc) is 2.09. The van der Waals surface area contributed by atoms with Crippen molar-refractivity contribution in [2.24, 2.45) is 0 Å². The summed E-state index contributed by atoms with van der Waals surface area (Å²) in [6, 6.07) is 0. The minimum absolute atomic E-state index is 0. The average molecular weight is 292 g/mol. The van der Waals surface area contributed by atoms with Crippen molar-refractivity contribution in [1.82, 2.24) is 0 Å². The number of rotatable bonds is 1. The van der Waals surface area contributed by atoms with Crippen molar-refractivity contribution in [3.05, 3.63) is 0 Å². The summed E-state index contributed by atoms with van der Waals surface area (Å²) in [7, 11) is -0.0208. The molecular formula is C6H13IO3S. The van der Waals surface area contributed by atoms with Gasteiger partial charge in [-0.2, -0.15) is 0 Å². The number of aliphatic hydroxyl groups excluding tert-OH is 3. The number of halogens is 1. The molecule has 0 saturated carbocycles. The van der Waals surface area contributed by atoms with E-state index in [1.807, 2.05) is 6.26 Å². The van der Waals surface area contributed by atoms with Gasteiger partial charge in [0.05, 0.1) is 12.9 Å². The van der Waals surface area contributed by atoms with Gasteiger partial charge in [0.15, 0.2) is 5.25 Å². The van der Waals surface area contributed by atoms with Crippen molar-refractivity contribution in [2.45, 2.75) is 17.5 Å². The Morgan fingerprint density at radius 1 is 1.45 bits per heavy atom. The van der Waals surface area contributed by atoms with Crippen molar-refractivity contribution < 1.29 is 39.3 Å². The van der Waals surface area contributed by atoms with Crippen LogP contribution in [-0.2, 0) is 10.9 Å². The molecule has 1 heterocycles. The van der Waals surface area contributed by atoms with Gasteiger partial charge >= 0.3 is 0 Å². The summed E-state index contributed by atoms with van der Waals surface area (Å²) in [6.07, 6.45) is 0.629. The van der Waals surface area contributed by atoms with E-state index >= 15 is 0 Å². The summed E-state index contributed by atoms with van der Waals surface area (Å²) >= 11 is 0. The van der Waals surface area contributed by atoms with Crippen molar-refractivity contribution in [3.8, 4) is 0 Å². The zero-order valence-corrected chi connectivity index (χ0v) is 9.25. The van der Waals surface area contributed by atoms with Crippen molar-refractivity contribution >= 4 is 10.9 Å².